The summed E-state index contributed by atoms with van der Waals surface area (Å²) in [6, 6.07) is 6.10. The Morgan fingerprint density at radius 3 is 2.33 bits per heavy atom. The van der Waals surface area contributed by atoms with Crippen LogP contribution in [-0.4, -0.2) is 61.3 Å². The molecule has 0 aromatic heterocycles. The third-order valence-electron chi connectivity index (χ3n) is 5.14. The molecule has 0 aliphatic carbocycles. The average molecular weight is 464 g/mol. The molecule has 1 heterocycles. The molecule has 1 amide bonds. The van der Waals surface area contributed by atoms with Crippen LogP contribution in [-0.2, 0) is 4.74 Å². The SMILES string of the molecule is CC.Cc1ccc(Nc2c(C(=O)O)cc(C(=O)NCCN3CCOCC3)c(F)c2F)c(C)c1. The number of nitrogens with zero attached hydrogens (tertiary/aromatic N) is 1. The number of carboxylic acid groups (broad SMARTS) is 1. The summed E-state index contributed by atoms with van der Waals surface area (Å²) < 4.78 is 34.8. The Balaban J connectivity index is 0.00000187. The first kappa shape index (κ1) is 26.2. The molecule has 2 aromatic carbocycles. The lowest BCUT2D eigenvalue weighted by Crippen LogP contribution is -2.41. The summed E-state index contributed by atoms with van der Waals surface area (Å²) in [4.78, 5) is 26.2. The van der Waals surface area contributed by atoms with Crippen LogP contribution in [0.15, 0.2) is 24.3 Å². The summed E-state index contributed by atoms with van der Waals surface area (Å²) in [6.07, 6.45) is 0. The number of nitrogens with one attached hydrogen (secondary N) is 2. The number of rotatable bonds is 7. The Kier molecular flexibility index (Phi) is 9.74. The van der Waals surface area contributed by atoms with E-state index >= 15 is 0 Å². The van der Waals surface area contributed by atoms with Gasteiger partial charge in [0.25, 0.3) is 5.91 Å². The molecule has 7 nitrogen and oxygen atoms in total. The van der Waals surface area contributed by atoms with E-state index in [2.05, 4.69) is 15.5 Å². The molecular weight excluding hydrogens is 432 g/mol. The summed E-state index contributed by atoms with van der Waals surface area (Å²) in [5.41, 5.74) is 0.439. The van der Waals surface area contributed by atoms with Crippen LogP contribution in [0.3, 0.4) is 0 Å². The lowest BCUT2D eigenvalue weighted by Gasteiger charge is -2.26. The lowest BCUT2D eigenvalue weighted by atomic mass is 10.0. The van der Waals surface area contributed by atoms with Gasteiger partial charge in [-0.3, -0.25) is 9.69 Å². The van der Waals surface area contributed by atoms with E-state index in [1.54, 1.807) is 19.1 Å². The van der Waals surface area contributed by atoms with Crippen LogP contribution >= 0.6 is 0 Å². The zero-order valence-electron chi connectivity index (χ0n) is 19.4. The minimum atomic E-state index is -1.48. The Morgan fingerprint density at radius 2 is 1.73 bits per heavy atom. The van der Waals surface area contributed by atoms with Crippen molar-refractivity contribution < 1.29 is 28.2 Å². The molecule has 1 aliphatic rings. The Labute approximate surface area is 192 Å². The normalized spacial score (nSPS) is 13.6. The number of hydrogen-bond acceptors (Lipinski definition) is 5. The monoisotopic (exact) mass is 463 g/mol. The number of carboxylic acids is 1. The number of aromatic carboxylic acids is 1. The zero-order chi connectivity index (χ0) is 24.5. The van der Waals surface area contributed by atoms with Gasteiger partial charge in [-0.1, -0.05) is 31.5 Å². The molecule has 0 bridgehead atoms. The fraction of sp³-hybridized carbons (Fsp3) is 0.417. The number of aryl methyl sites for hydroxylation is 2. The average Bonchev–Trinajstić information content (AvgIpc) is 2.80. The van der Waals surface area contributed by atoms with Gasteiger partial charge in [-0.25, -0.2) is 13.6 Å². The quantitative estimate of drug-likeness (QED) is 0.573. The Hall–Kier alpha value is -3.04. The first-order chi connectivity index (χ1) is 15.8. The first-order valence-corrected chi connectivity index (χ1v) is 11.0. The molecule has 0 atom stereocenters. The minimum absolute atomic E-state index is 0.213. The number of halogens is 2. The zero-order valence-corrected chi connectivity index (χ0v) is 19.4. The number of morpholine rings is 1. The van der Waals surface area contributed by atoms with Gasteiger partial charge < -0.3 is 20.5 Å². The maximum Gasteiger partial charge on any atom is 0.337 e. The molecule has 9 heteroatoms. The van der Waals surface area contributed by atoms with E-state index in [1.807, 2.05) is 26.8 Å². The van der Waals surface area contributed by atoms with Gasteiger partial charge in [-0.2, -0.15) is 0 Å². The number of ether oxygens (including phenoxy) is 1. The van der Waals surface area contributed by atoms with Crippen molar-refractivity contribution in [3.63, 3.8) is 0 Å². The smallest absolute Gasteiger partial charge is 0.337 e. The molecule has 1 fully saturated rings. The molecule has 3 rings (SSSR count). The van der Waals surface area contributed by atoms with Gasteiger partial charge >= 0.3 is 5.97 Å². The molecule has 0 radical (unpaired) electrons. The van der Waals surface area contributed by atoms with Crippen molar-refractivity contribution in [2.75, 3.05) is 44.7 Å². The maximum atomic E-state index is 14.8. The molecular formula is C24H31F2N3O4. The number of carbonyl (C=O) groups excluding carboxylic acids is 1. The van der Waals surface area contributed by atoms with Gasteiger partial charge in [0, 0.05) is 31.9 Å². The standard InChI is InChI=1S/C22H25F2N3O4.C2H6/c1-13-3-4-17(14(2)11-13)26-20-16(22(29)30)12-15(18(23)19(20)24)21(28)25-5-6-27-7-9-31-10-8-27;1-2/h3-4,11-12,26H,5-10H2,1-2H3,(H,25,28)(H,29,30);1-2H3. The molecule has 0 unspecified atom stereocenters. The van der Waals surface area contributed by atoms with E-state index < -0.39 is 40.3 Å². The highest BCUT2D eigenvalue weighted by atomic mass is 19.2. The van der Waals surface area contributed by atoms with Gasteiger partial charge in [0.2, 0.25) is 0 Å². The van der Waals surface area contributed by atoms with E-state index in [4.69, 9.17) is 4.74 Å². The van der Waals surface area contributed by atoms with Crippen LogP contribution in [0.25, 0.3) is 0 Å². The van der Waals surface area contributed by atoms with Crippen molar-refractivity contribution in [3.05, 3.63) is 58.2 Å². The summed E-state index contributed by atoms with van der Waals surface area (Å²) in [6.45, 7) is 11.0. The van der Waals surface area contributed by atoms with Crippen LogP contribution < -0.4 is 10.6 Å². The third kappa shape index (κ3) is 6.72. The second kappa shape index (κ2) is 12.3. The Morgan fingerprint density at radius 1 is 1.06 bits per heavy atom. The van der Waals surface area contributed by atoms with Gasteiger partial charge in [-0.15, -0.1) is 0 Å². The van der Waals surface area contributed by atoms with Crippen molar-refractivity contribution in [1.29, 1.82) is 0 Å². The van der Waals surface area contributed by atoms with Gasteiger partial charge in [0.1, 0.15) is 0 Å². The summed E-state index contributed by atoms with van der Waals surface area (Å²) in [7, 11) is 0. The van der Waals surface area contributed by atoms with Gasteiger partial charge in [-0.05, 0) is 31.5 Å². The fourth-order valence-corrected chi connectivity index (χ4v) is 3.42. The molecule has 0 spiro atoms. The number of carbonyl (C=O) groups is 2. The third-order valence-corrected chi connectivity index (χ3v) is 5.14. The highest BCUT2D eigenvalue weighted by molar-refractivity contribution is 6.01. The van der Waals surface area contributed by atoms with E-state index in [0.717, 1.165) is 30.3 Å². The molecule has 33 heavy (non-hydrogen) atoms. The molecule has 0 saturated carbocycles. The second-order valence-electron chi connectivity index (χ2n) is 7.43. The Bertz CT molecular complexity index is 992. The predicted molar refractivity (Wildman–Crippen MR) is 123 cm³/mol. The summed E-state index contributed by atoms with van der Waals surface area (Å²) in [5, 5.41) is 14.7. The van der Waals surface area contributed by atoms with Crippen molar-refractivity contribution in [3.8, 4) is 0 Å². The second-order valence-corrected chi connectivity index (χ2v) is 7.43. The number of benzene rings is 2. The fourth-order valence-electron chi connectivity index (χ4n) is 3.42. The van der Waals surface area contributed by atoms with Crippen molar-refractivity contribution in [1.82, 2.24) is 10.2 Å². The van der Waals surface area contributed by atoms with E-state index in [-0.39, 0.29) is 6.54 Å². The maximum absolute atomic E-state index is 14.8. The topological polar surface area (TPSA) is 90.9 Å². The van der Waals surface area contributed by atoms with E-state index in [0.29, 0.717) is 25.4 Å². The molecule has 2 aromatic rings. The summed E-state index contributed by atoms with van der Waals surface area (Å²) >= 11 is 0. The van der Waals surface area contributed by atoms with E-state index in [9.17, 15) is 23.5 Å². The molecule has 180 valence electrons. The molecule has 3 N–H and O–H groups in total. The largest absolute Gasteiger partial charge is 0.478 e. The first-order valence-electron chi connectivity index (χ1n) is 11.0. The van der Waals surface area contributed by atoms with Gasteiger partial charge in [0.05, 0.1) is 30.0 Å². The highest BCUT2D eigenvalue weighted by Crippen LogP contribution is 2.30. The van der Waals surface area contributed by atoms with Gasteiger partial charge in [0.15, 0.2) is 11.6 Å². The number of hydrogen-bond donors (Lipinski definition) is 3. The minimum Gasteiger partial charge on any atom is -0.478 e. The van der Waals surface area contributed by atoms with Crippen molar-refractivity contribution in [2.24, 2.45) is 0 Å². The highest BCUT2D eigenvalue weighted by Gasteiger charge is 2.26. The van der Waals surface area contributed by atoms with Crippen LogP contribution in [0.5, 0.6) is 0 Å². The van der Waals surface area contributed by atoms with Crippen LogP contribution in [0.2, 0.25) is 0 Å². The van der Waals surface area contributed by atoms with Crippen LogP contribution in [0.4, 0.5) is 20.2 Å². The molecule has 1 aliphatic heterocycles. The van der Waals surface area contributed by atoms with E-state index in [1.165, 1.54) is 0 Å². The summed E-state index contributed by atoms with van der Waals surface area (Å²) in [5.74, 6) is -5.17. The van der Waals surface area contributed by atoms with Crippen LogP contribution in [0.1, 0.15) is 45.7 Å². The number of anilines is 2. The van der Waals surface area contributed by atoms with Crippen LogP contribution in [0, 0.1) is 25.5 Å². The van der Waals surface area contributed by atoms with Crippen molar-refractivity contribution in [2.45, 2.75) is 27.7 Å². The lowest BCUT2D eigenvalue weighted by molar-refractivity contribution is 0.0383. The molecule has 1 saturated heterocycles. The predicted octanol–water partition coefficient (Wildman–Crippen LogP) is 4.11. The number of amides is 1. The van der Waals surface area contributed by atoms with Crippen molar-refractivity contribution >= 4 is 23.3 Å².